The van der Waals surface area contributed by atoms with E-state index in [4.69, 9.17) is 9.47 Å². The van der Waals surface area contributed by atoms with Gasteiger partial charge in [-0.15, -0.1) is 0 Å². The minimum absolute atomic E-state index is 0.0693. The third kappa shape index (κ3) is 4.21. The first-order chi connectivity index (χ1) is 13.0. The quantitative estimate of drug-likeness (QED) is 0.772. The van der Waals surface area contributed by atoms with Gasteiger partial charge >= 0.3 is 6.18 Å². The second kappa shape index (κ2) is 7.43. The van der Waals surface area contributed by atoms with Crippen molar-refractivity contribution in [3.05, 3.63) is 59.7 Å². The number of fused-ring (bicyclic) bond motifs is 1. The van der Waals surface area contributed by atoms with E-state index in [9.17, 15) is 13.2 Å². The second-order valence-electron chi connectivity index (χ2n) is 7.22. The summed E-state index contributed by atoms with van der Waals surface area (Å²) in [5.41, 5.74) is 0.193. The van der Waals surface area contributed by atoms with Gasteiger partial charge < -0.3 is 9.47 Å². The molecule has 0 bridgehead atoms. The van der Waals surface area contributed by atoms with E-state index in [1.807, 2.05) is 24.3 Å². The van der Waals surface area contributed by atoms with Gasteiger partial charge in [0.1, 0.15) is 12.7 Å². The lowest BCUT2D eigenvalue weighted by molar-refractivity contribution is -0.137. The molecule has 1 fully saturated rings. The summed E-state index contributed by atoms with van der Waals surface area (Å²) in [6.07, 6.45) is -2.50. The molecule has 2 heterocycles. The maximum atomic E-state index is 13.0. The lowest BCUT2D eigenvalue weighted by atomic mass is 9.89. The summed E-state index contributed by atoms with van der Waals surface area (Å²) in [6, 6.07) is 13.3. The Bertz CT molecular complexity index is 793. The highest BCUT2D eigenvalue weighted by atomic mass is 19.4. The molecule has 0 saturated carbocycles. The van der Waals surface area contributed by atoms with Gasteiger partial charge in [-0.05, 0) is 49.1 Å². The summed E-state index contributed by atoms with van der Waals surface area (Å²) in [5, 5.41) is 0. The van der Waals surface area contributed by atoms with Crippen molar-refractivity contribution in [3.63, 3.8) is 0 Å². The molecule has 3 nitrogen and oxygen atoms in total. The fraction of sp³-hybridized carbons (Fsp3) is 0.429. The van der Waals surface area contributed by atoms with Crippen molar-refractivity contribution in [3.8, 4) is 11.5 Å². The van der Waals surface area contributed by atoms with E-state index in [1.165, 1.54) is 12.1 Å². The van der Waals surface area contributed by atoms with Crippen LogP contribution in [0.25, 0.3) is 0 Å². The first-order valence-electron chi connectivity index (χ1n) is 9.27. The zero-order chi connectivity index (χ0) is 18.9. The minimum Gasteiger partial charge on any atom is -0.486 e. The summed E-state index contributed by atoms with van der Waals surface area (Å²) in [4.78, 5) is 2.27. The fourth-order valence-corrected chi connectivity index (χ4v) is 3.90. The van der Waals surface area contributed by atoms with Crippen LogP contribution in [0.15, 0.2) is 48.5 Å². The van der Waals surface area contributed by atoms with Gasteiger partial charge in [0.2, 0.25) is 0 Å². The lowest BCUT2D eigenvalue weighted by Gasteiger charge is -2.36. The maximum Gasteiger partial charge on any atom is 0.416 e. The molecule has 0 spiro atoms. The summed E-state index contributed by atoms with van der Waals surface area (Å²) < 4.78 is 50.8. The number of likely N-dealkylation sites (tertiary alicyclic amines) is 1. The fourth-order valence-electron chi connectivity index (χ4n) is 3.90. The Morgan fingerprint density at radius 2 is 1.85 bits per heavy atom. The Balaban J connectivity index is 1.40. The molecule has 144 valence electrons. The lowest BCUT2D eigenvalue weighted by Crippen LogP contribution is -2.44. The molecule has 2 aliphatic heterocycles. The van der Waals surface area contributed by atoms with Gasteiger partial charge in [0, 0.05) is 13.1 Å². The van der Waals surface area contributed by atoms with Gasteiger partial charge in [-0.2, -0.15) is 13.2 Å². The van der Waals surface area contributed by atoms with Crippen molar-refractivity contribution >= 4 is 0 Å². The highest BCUT2D eigenvalue weighted by molar-refractivity contribution is 5.40. The van der Waals surface area contributed by atoms with E-state index in [0.29, 0.717) is 13.2 Å². The molecule has 6 heteroatoms. The number of ether oxygens (including phenoxy) is 2. The van der Waals surface area contributed by atoms with E-state index in [1.54, 1.807) is 6.07 Å². The van der Waals surface area contributed by atoms with Gasteiger partial charge in [-0.25, -0.2) is 0 Å². The van der Waals surface area contributed by atoms with Crippen LogP contribution in [0.1, 0.15) is 29.9 Å². The highest BCUT2D eigenvalue weighted by Crippen LogP contribution is 2.34. The van der Waals surface area contributed by atoms with E-state index in [-0.39, 0.29) is 12.0 Å². The van der Waals surface area contributed by atoms with Crippen molar-refractivity contribution in [2.45, 2.75) is 31.0 Å². The number of rotatable bonds is 3. The predicted molar refractivity (Wildman–Crippen MR) is 96.2 cm³/mol. The minimum atomic E-state index is -4.30. The number of piperidine rings is 1. The topological polar surface area (TPSA) is 21.7 Å². The Labute approximate surface area is 156 Å². The molecule has 0 aromatic heterocycles. The molecule has 1 saturated heterocycles. The molecular weight excluding hydrogens is 355 g/mol. The third-order valence-corrected chi connectivity index (χ3v) is 5.22. The summed E-state index contributed by atoms with van der Waals surface area (Å²) in [6.45, 7) is 2.87. The highest BCUT2D eigenvalue weighted by Gasteiger charge is 2.32. The van der Waals surface area contributed by atoms with E-state index < -0.39 is 11.7 Å². The molecule has 0 N–H and O–H groups in total. The number of halogens is 3. The van der Waals surface area contributed by atoms with Crippen LogP contribution < -0.4 is 9.47 Å². The van der Waals surface area contributed by atoms with Crippen molar-refractivity contribution < 1.29 is 22.6 Å². The largest absolute Gasteiger partial charge is 0.486 e. The molecule has 27 heavy (non-hydrogen) atoms. The molecule has 4 rings (SSSR count). The van der Waals surface area contributed by atoms with Crippen LogP contribution in [0.4, 0.5) is 13.2 Å². The molecule has 0 radical (unpaired) electrons. The van der Waals surface area contributed by atoms with Crippen molar-refractivity contribution in [2.24, 2.45) is 0 Å². The number of nitrogens with zero attached hydrogens (tertiary/aromatic N) is 1. The third-order valence-electron chi connectivity index (χ3n) is 5.22. The Kier molecular flexibility index (Phi) is 5.00. The molecule has 2 aliphatic rings. The number of benzene rings is 2. The standard InChI is InChI=1S/C21H22F3NO2/c22-21(23,24)17-7-3-5-15(11-17)16-6-4-10-25(12-16)13-18-14-26-19-8-1-2-9-20(19)27-18/h1-3,5,7-9,11,16,18H,4,6,10,12-14H2/t16?,18-/m0/s1. The molecule has 0 amide bonds. The van der Waals surface area contributed by atoms with Crippen LogP contribution in [0.2, 0.25) is 0 Å². The molecule has 2 atom stereocenters. The number of alkyl halides is 3. The average Bonchev–Trinajstić information content (AvgIpc) is 2.68. The monoisotopic (exact) mass is 377 g/mol. The van der Waals surface area contributed by atoms with E-state index in [2.05, 4.69) is 4.90 Å². The summed E-state index contributed by atoms with van der Waals surface area (Å²) in [7, 11) is 0. The average molecular weight is 377 g/mol. The SMILES string of the molecule is FC(F)(F)c1cccc(C2CCCN(C[C@H]3COc4ccccc4O3)C2)c1. The smallest absolute Gasteiger partial charge is 0.416 e. The van der Waals surface area contributed by atoms with Gasteiger partial charge in [0.05, 0.1) is 5.56 Å². The molecular formula is C21H22F3NO2. The number of hydrogen-bond acceptors (Lipinski definition) is 3. The zero-order valence-electron chi connectivity index (χ0n) is 14.9. The van der Waals surface area contributed by atoms with Gasteiger partial charge in [-0.1, -0.05) is 30.3 Å². The first kappa shape index (κ1) is 18.2. The first-order valence-corrected chi connectivity index (χ1v) is 9.27. The van der Waals surface area contributed by atoms with Gasteiger partial charge in [0.25, 0.3) is 0 Å². The predicted octanol–water partition coefficient (Wildman–Crippen LogP) is 4.72. The van der Waals surface area contributed by atoms with E-state index >= 15 is 0 Å². The summed E-state index contributed by atoms with van der Waals surface area (Å²) in [5.74, 6) is 1.62. The zero-order valence-corrected chi connectivity index (χ0v) is 14.9. The Morgan fingerprint density at radius 1 is 1.04 bits per heavy atom. The number of para-hydroxylation sites is 2. The molecule has 2 aromatic rings. The Morgan fingerprint density at radius 3 is 2.67 bits per heavy atom. The van der Waals surface area contributed by atoms with E-state index in [0.717, 1.165) is 49.1 Å². The molecule has 1 unspecified atom stereocenters. The van der Waals surface area contributed by atoms with Gasteiger partial charge in [0.15, 0.2) is 11.5 Å². The van der Waals surface area contributed by atoms with Crippen molar-refractivity contribution in [1.82, 2.24) is 4.90 Å². The van der Waals surface area contributed by atoms with Crippen molar-refractivity contribution in [1.29, 1.82) is 0 Å². The molecule has 2 aromatic carbocycles. The second-order valence-corrected chi connectivity index (χ2v) is 7.22. The van der Waals surface area contributed by atoms with Crippen LogP contribution in [-0.2, 0) is 6.18 Å². The van der Waals surface area contributed by atoms with Crippen LogP contribution in [-0.4, -0.2) is 37.2 Å². The number of hydrogen-bond donors (Lipinski definition) is 0. The van der Waals surface area contributed by atoms with Crippen LogP contribution in [0.3, 0.4) is 0 Å². The van der Waals surface area contributed by atoms with Crippen LogP contribution in [0.5, 0.6) is 11.5 Å². The summed E-state index contributed by atoms with van der Waals surface area (Å²) >= 11 is 0. The van der Waals surface area contributed by atoms with Gasteiger partial charge in [-0.3, -0.25) is 4.90 Å². The van der Waals surface area contributed by atoms with Crippen LogP contribution >= 0.6 is 0 Å². The normalized spacial score (nSPS) is 23.2. The Hall–Kier alpha value is -2.21. The van der Waals surface area contributed by atoms with Crippen molar-refractivity contribution in [2.75, 3.05) is 26.2 Å². The van der Waals surface area contributed by atoms with Crippen LogP contribution in [0, 0.1) is 0 Å². The molecule has 0 aliphatic carbocycles. The maximum absolute atomic E-state index is 13.0.